The van der Waals surface area contributed by atoms with E-state index in [9.17, 15) is 31.5 Å². The van der Waals surface area contributed by atoms with Gasteiger partial charge in [-0.2, -0.15) is 13.2 Å². The SMILES string of the molecule is NC(=O)c1cc(F)cc(C(F)(F)F)c1-c1cc2ccncc2c2c1C(c1cc(F)ccc1Cl)NC2=O. The molecule has 2 heterocycles. The minimum Gasteiger partial charge on any atom is -0.366 e. The van der Waals surface area contributed by atoms with Crippen molar-refractivity contribution in [2.24, 2.45) is 5.73 Å². The molecule has 0 bridgehead atoms. The summed E-state index contributed by atoms with van der Waals surface area (Å²) in [5.41, 5.74) is 2.29. The van der Waals surface area contributed by atoms with Gasteiger partial charge in [0.2, 0.25) is 5.91 Å². The Morgan fingerprint density at radius 3 is 2.47 bits per heavy atom. The molecular formula is C25H13ClF5N3O2. The van der Waals surface area contributed by atoms with Crippen LogP contribution in [0.5, 0.6) is 0 Å². The summed E-state index contributed by atoms with van der Waals surface area (Å²) in [4.78, 5) is 29.4. The van der Waals surface area contributed by atoms with Crippen molar-refractivity contribution in [2.45, 2.75) is 12.2 Å². The second-order valence-corrected chi connectivity index (χ2v) is 8.53. The van der Waals surface area contributed by atoms with E-state index in [-0.39, 0.29) is 33.3 Å². The molecule has 1 atom stereocenters. The molecule has 4 aromatic rings. The molecule has 3 aromatic carbocycles. The lowest BCUT2D eigenvalue weighted by Crippen LogP contribution is -2.21. The number of carbonyl (C=O) groups is 2. The third-order valence-electron chi connectivity index (χ3n) is 5.99. The highest BCUT2D eigenvalue weighted by Crippen LogP contribution is 2.48. The summed E-state index contributed by atoms with van der Waals surface area (Å²) < 4.78 is 70.8. The lowest BCUT2D eigenvalue weighted by Gasteiger charge is -2.22. The maximum Gasteiger partial charge on any atom is 0.417 e. The highest BCUT2D eigenvalue weighted by atomic mass is 35.5. The topological polar surface area (TPSA) is 85.1 Å². The molecule has 182 valence electrons. The zero-order valence-electron chi connectivity index (χ0n) is 17.9. The van der Waals surface area contributed by atoms with Crippen molar-refractivity contribution in [3.8, 4) is 11.1 Å². The third kappa shape index (κ3) is 3.74. The van der Waals surface area contributed by atoms with Gasteiger partial charge in [-0.3, -0.25) is 14.6 Å². The number of primary amides is 1. The number of benzene rings is 3. The van der Waals surface area contributed by atoms with Crippen LogP contribution < -0.4 is 11.1 Å². The average Bonchev–Trinajstić information content (AvgIpc) is 3.16. The molecule has 5 rings (SSSR count). The van der Waals surface area contributed by atoms with E-state index in [1.165, 1.54) is 30.6 Å². The molecule has 0 fully saturated rings. The number of hydrogen-bond donors (Lipinski definition) is 2. The predicted molar refractivity (Wildman–Crippen MR) is 121 cm³/mol. The number of hydrogen-bond acceptors (Lipinski definition) is 3. The zero-order valence-corrected chi connectivity index (χ0v) is 18.6. The normalized spacial score (nSPS) is 15.2. The largest absolute Gasteiger partial charge is 0.417 e. The molecule has 0 aliphatic carbocycles. The van der Waals surface area contributed by atoms with Crippen LogP contribution in [0, 0.1) is 11.6 Å². The summed E-state index contributed by atoms with van der Waals surface area (Å²) in [5, 5.41) is 3.31. The van der Waals surface area contributed by atoms with E-state index in [0.29, 0.717) is 16.8 Å². The zero-order chi connectivity index (χ0) is 25.9. The summed E-state index contributed by atoms with van der Waals surface area (Å²) in [6.45, 7) is 0. The van der Waals surface area contributed by atoms with Crippen molar-refractivity contribution in [3.05, 3.63) is 99.3 Å². The van der Waals surface area contributed by atoms with Crippen molar-refractivity contribution in [2.75, 3.05) is 0 Å². The van der Waals surface area contributed by atoms with Crippen LogP contribution in [0.25, 0.3) is 21.9 Å². The Morgan fingerprint density at radius 1 is 1.03 bits per heavy atom. The first-order valence-electron chi connectivity index (χ1n) is 10.3. The van der Waals surface area contributed by atoms with Crippen molar-refractivity contribution < 1.29 is 31.5 Å². The van der Waals surface area contributed by atoms with Gasteiger partial charge in [0.15, 0.2) is 0 Å². The number of aromatic nitrogens is 1. The fourth-order valence-electron chi connectivity index (χ4n) is 4.56. The molecule has 1 aliphatic rings. The third-order valence-corrected chi connectivity index (χ3v) is 6.33. The smallest absolute Gasteiger partial charge is 0.366 e. The first-order chi connectivity index (χ1) is 17.0. The van der Waals surface area contributed by atoms with E-state index in [4.69, 9.17) is 17.3 Å². The first-order valence-corrected chi connectivity index (χ1v) is 10.7. The fourth-order valence-corrected chi connectivity index (χ4v) is 4.79. The lowest BCUT2D eigenvalue weighted by atomic mass is 9.83. The summed E-state index contributed by atoms with van der Waals surface area (Å²) in [6, 6.07) is 5.82. The Morgan fingerprint density at radius 2 is 1.78 bits per heavy atom. The standard InChI is InChI=1S/C25H13ClF5N3O2/c26-18-2-1-11(27)6-13(18)22-20-14(5-10-3-4-33-9-16(10)21(20)24(36)34-22)19-15(23(32)35)7-12(28)8-17(19)25(29,30)31/h1-9,22H,(H2,32,35)(H,34,36). The van der Waals surface area contributed by atoms with Gasteiger partial charge in [0, 0.05) is 39.5 Å². The Labute approximate surface area is 204 Å². The van der Waals surface area contributed by atoms with Crippen LogP contribution in [0.3, 0.4) is 0 Å². The second-order valence-electron chi connectivity index (χ2n) is 8.12. The van der Waals surface area contributed by atoms with E-state index in [1.54, 1.807) is 0 Å². The summed E-state index contributed by atoms with van der Waals surface area (Å²) in [6.07, 6.45) is -2.36. The Hall–Kier alpha value is -4.05. The number of rotatable bonds is 3. The number of halogens is 6. The molecule has 0 saturated carbocycles. The van der Waals surface area contributed by atoms with Crippen LogP contribution in [0.4, 0.5) is 22.0 Å². The van der Waals surface area contributed by atoms with Gasteiger partial charge >= 0.3 is 6.18 Å². The molecule has 11 heteroatoms. The van der Waals surface area contributed by atoms with Gasteiger partial charge in [-0.15, -0.1) is 0 Å². The van der Waals surface area contributed by atoms with Crippen molar-refractivity contribution in [3.63, 3.8) is 0 Å². The number of nitrogens with one attached hydrogen (secondary N) is 1. The molecule has 3 N–H and O–H groups in total. The number of pyridine rings is 1. The maximum absolute atomic E-state index is 14.2. The lowest BCUT2D eigenvalue weighted by molar-refractivity contribution is -0.137. The molecule has 1 aliphatic heterocycles. The second kappa shape index (κ2) is 8.27. The van der Waals surface area contributed by atoms with Gasteiger partial charge in [-0.1, -0.05) is 11.6 Å². The van der Waals surface area contributed by atoms with E-state index < -0.39 is 52.4 Å². The van der Waals surface area contributed by atoms with Crippen LogP contribution >= 0.6 is 11.6 Å². The molecule has 0 radical (unpaired) electrons. The highest BCUT2D eigenvalue weighted by Gasteiger charge is 2.41. The molecule has 2 amide bonds. The first kappa shape index (κ1) is 23.7. The minimum atomic E-state index is -5.09. The van der Waals surface area contributed by atoms with E-state index >= 15 is 0 Å². The van der Waals surface area contributed by atoms with Crippen LogP contribution in [0.2, 0.25) is 5.02 Å². The highest BCUT2D eigenvalue weighted by molar-refractivity contribution is 6.31. The van der Waals surface area contributed by atoms with Crippen LogP contribution in [0.1, 0.15) is 43.4 Å². The van der Waals surface area contributed by atoms with Crippen LogP contribution in [-0.2, 0) is 6.18 Å². The van der Waals surface area contributed by atoms with Crippen LogP contribution in [-0.4, -0.2) is 16.8 Å². The van der Waals surface area contributed by atoms with Crippen molar-refractivity contribution >= 4 is 34.2 Å². The summed E-state index contributed by atoms with van der Waals surface area (Å²) in [5.74, 6) is -4.00. The minimum absolute atomic E-state index is 0.00684. The molecule has 0 saturated heterocycles. The summed E-state index contributed by atoms with van der Waals surface area (Å²) >= 11 is 6.28. The molecule has 1 aromatic heterocycles. The maximum atomic E-state index is 14.2. The molecule has 0 spiro atoms. The van der Waals surface area contributed by atoms with Gasteiger partial charge in [0.1, 0.15) is 11.6 Å². The number of fused-ring (bicyclic) bond motifs is 3. The van der Waals surface area contributed by atoms with E-state index in [0.717, 1.165) is 12.1 Å². The predicted octanol–water partition coefficient (Wildman–Crippen LogP) is 5.78. The Balaban J connectivity index is 1.97. The van der Waals surface area contributed by atoms with Gasteiger partial charge in [-0.25, -0.2) is 8.78 Å². The van der Waals surface area contributed by atoms with Gasteiger partial charge in [-0.05, 0) is 53.4 Å². The van der Waals surface area contributed by atoms with Crippen molar-refractivity contribution in [1.82, 2.24) is 10.3 Å². The van der Waals surface area contributed by atoms with E-state index in [1.807, 2.05) is 0 Å². The van der Waals surface area contributed by atoms with Crippen LogP contribution in [0.15, 0.2) is 54.9 Å². The number of nitrogens with two attached hydrogens (primary N) is 1. The number of amides is 2. The number of alkyl halides is 3. The molecule has 5 nitrogen and oxygen atoms in total. The fraction of sp³-hybridized carbons (Fsp3) is 0.0800. The molecular weight excluding hydrogens is 505 g/mol. The monoisotopic (exact) mass is 517 g/mol. The van der Waals surface area contributed by atoms with E-state index in [2.05, 4.69) is 10.3 Å². The molecule has 36 heavy (non-hydrogen) atoms. The molecule has 1 unspecified atom stereocenters. The van der Waals surface area contributed by atoms with Gasteiger partial charge in [0.25, 0.3) is 5.91 Å². The number of nitrogens with zero attached hydrogens (tertiary/aromatic N) is 1. The quantitative estimate of drug-likeness (QED) is 0.338. The Bertz CT molecular complexity index is 1600. The Kier molecular flexibility index (Phi) is 5.44. The van der Waals surface area contributed by atoms with Crippen molar-refractivity contribution in [1.29, 1.82) is 0 Å². The van der Waals surface area contributed by atoms with Gasteiger partial charge < -0.3 is 11.1 Å². The average molecular weight is 518 g/mol. The van der Waals surface area contributed by atoms with Gasteiger partial charge in [0.05, 0.1) is 22.7 Å². The summed E-state index contributed by atoms with van der Waals surface area (Å²) in [7, 11) is 0. The number of carbonyl (C=O) groups excluding carboxylic acids is 2.